The van der Waals surface area contributed by atoms with E-state index in [0.717, 1.165) is 32.5 Å². The molecule has 1 heterocycles. The molecule has 24 heavy (non-hydrogen) atoms. The van der Waals surface area contributed by atoms with E-state index in [4.69, 9.17) is 23.7 Å². The standard InChI is InChI=1S/C19H38O5/c1-6-8-9-10-11-12-13-17(19(20-3,21-4)22-5)24-16-18(7-2)14-23-15-18/h17H,6-16H2,1-5H3. The largest absolute Gasteiger partial charge is 0.380 e. The fourth-order valence-corrected chi connectivity index (χ4v) is 3.17. The van der Waals surface area contributed by atoms with Crippen LogP contribution in [0.25, 0.3) is 0 Å². The summed E-state index contributed by atoms with van der Waals surface area (Å²) in [6.07, 6.45) is 9.13. The molecule has 1 aliphatic rings. The van der Waals surface area contributed by atoms with E-state index < -0.39 is 5.97 Å². The zero-order valence-corrected chi connectivity index (χ0v) is 16.4. The molecule has 0 amide bonds. The third-order valence-electron chi connectivity index (χ3n) is 5.22. The van der Waals surface area contributed by atoms with Gasteiger partial charge < -0.3 is 23.7 Å². The molecule has 1 aliphatic heterocycles. The van der Waals surface area contributed by atoms with Gasteiger partial charge in [0.15, 0.2) is 0 Å². The van der Waals surface area contributed by atoms with Gasteiger partial charge in [-0.15, -0.1) is 0 Å². The summed E-state index contributed by atoms with van der Waals surface area (Å²) in [6, 6.07) is 0. The maximum absolute atomic E-state index is 6.25. The fraction of sp³-hybridized carbons (Fsp3) is 1.00. The molecule has 1 unspecified atom stereocenters. The van der Waals surface area contributed by atoms with Crippen LogP contribution < -0.4 is 0 Å². The van der Waals surface area contributed by atoms with Gasteiger partial charge in [0, 0.05) is 26.7 Å². The lowest BCUT2D eigenvalue weighted by Crippen LogP contribution is -2.52. The summed E-state index contributed by atoms with van der Waals surface area (Å²) in [5.74, 6) is -1.14. The van der Waals surface area contributed by atoms with E-state index in [-0.39, 0.29) is 11.5 Å². The first-order chi connectivity index (χ1) is 11.6. The maximum atomic E-state index is 6.25. The molecule has 144 valence electrons. The zero-order valence-electron chi connectivity index (χ0n) is 16.4. The van der Waals surface area contributed by atoms with Gasteiger partial charge in [0.2, 0.25) is 0 Å². The average molecular weight is 347 g/mol. The Morgan fingerprint density at radius 3 is 1.96 bits per heavy atom. The van der Waals surface area contributed by atoms with Gasteiger partial charge in [-0.05, 0) is 12.8 Å². The molecule has 0 bridgehead atoms. The highest BCUT2D eigenvalue weighted by Crippen LogP contribution is 2.34. The van der Waals surface area contributed by atoms with Gasteiger partial charge in [-0.1, -0.05) is 52.4 Å². The molecule has 0 aromatic carbocycles. The minimum atomic E-state index is -1.14. The number of hydrogen-bond donors (Lipinski definition) is 0. The van der Waals surface area contributed by atoms with Crippen molar-refractivity contribution < 1.29 is 23.7 Å². The fourth-order valence-electron chi connectivity index (χ4n) is 3.17. The van der Waals surface area contributed by atoms with Crippen molar-refractivity contribution in [3.8, 4) is 0 Å². The lowest BCUT2D eigenvalue weighted by molar-refractivity contribution is -0.397. The van der Waals surface area contributed by atoms with Gasteiger partial charge in [0.1, 0.15) is 6.10 Å². The molecule has 0 N–H and O–H groups in total. The van der Waals surface area contributed by atoms with Crippen molar-refractivity contribution in [3.63, 3.8) is 0 Å². The molecule has 1 rings (SSSR count). The number of hydrogen-bond acceptors (Lipinski definition) is 5. The maximum Gasteiger partial charge on any atom is 0.310 e. The molecule has 0 spiro atoms. The summed E-state index contributed by atoms with van der Waals surface area (Å²) < 4.78 is 28.3. The topological polar surface area (TPSA) is 46.2 Å². The quantitative estimate of drug-likeness (QED) is 0.329. The van der Waals surface area contributed by atoms with Crippen LogP contribution in [-0.4, -0.2) is 53.2 Å². The van der Waals surface area contributed by atoms with E-state index in [1.807, 2.05) is 0 Å². The van der Waals surface area contributed by atoms with Crippen LogP contribution in [0.15, 0.2) is 0 Å². The van der Waals surface area contributed by atoms with E-state index in [1.165, 1.54) is 32.1 Å². The Bertz CT molecular complexity index is 299. The Morgan fingerprint density at radius 2 is 1.50 bits per heavy atom. The molecule has 0 aromatic heterocycles. The Balaban J connectivity index is 2.55. The van der Waals surface area contributed by atoms with Gasteiger partial charge >= 0.3 is 5.97 Å². The first-order valence-electron chi connectivity index (χ1n) is 9.46. The first-order valence-corrected chi connectivity index (χ1v) is 9.46. The Morgan fingerprint density at radius 1 is 0.917 bits per heavy atom. The molecule has 0 aromatic rings. The van der Waals surface area contributed by atoms with Crippen molar-refractivity contribution in [3.05, 3.63) is 0 Å². The summed E-state index contributed by atoms with van der Waals surface area (Å²) in [5.41, 5.74) is 0.139. The number of methoxy groups -OCH3 is 3. The highest BCUT2D eigenvalue weighted by molar-refractivity contribution is 4.85. The van der Waals surface area contributed by atoms with Crippen molar-refractivity contribution >= 4 is 0 Å². The van der Waals surface area contributed by atoms with E-state index in [1.54, 1.807) is 21.3 Å². The van der Waals surface area contributed by atoms with Crippen LogP contribution in [0.3, 0.4) is 0 Å². The summed E-state index contributed by atoms with van der Waals surface area (Å²) in [4.78, 5) is 0. The minimum absolute atomic E-state index is 0.139. The predicted octanol–water partition coefficient (Wildman–Crippen LogP) is 4.14. The number of unbranched alkanes of at least 4 members (excludes halogenated alkanes) is 5. The summed E-state index contributed by atoms with van der Waals surface area (Å²) >= 11 is 0. The predicted molar refractivity (Wildman–Crippen MR) is 95.0 cm³/mol. The lowest BCUT2D eigenvalue weighted by Gasteiger charge is -2.43. The van der Waals surface area contributed by atoms with E-state index >= 15 is 0 Å². The third kappa shape index (κ3) is 5.95. The van der Waals surface area contributed by atoms with E-state index in [0.29, 0.717) is 6.61 Å². The third-order valence-corrected chi connectivity index (χ3v) is 5.22. The zero-order chi connectivity index (χ0) is 17.9. The second-order valence-corrected chi connectivity index (χ2v) is 6.92. The number of ether oxygens (including phenoxy) is 5. The highest BCUT2D eigenvalue weighted by Gasteiger charge is 2.44. The van der Waals surface area contributed by atoms with Crippen molar-refractivity contribution in [2.45, 2.75) is 77.3 Å². The molecule has 0 aliphatic carbocycles. The van der Waals surface area contributed by atoms with E-state index in [2.05, 4.69) is 13.8 Å². The van der Waals surface area contributed by atoms with Gasteiger partial charge in [-0.3, -0.25) is 0 Å². The van der Waals surface area contributed by atoms with Gasteiger partial charge in [0.05, 0.1) is 19.8 Å². The average Bonchev–Trinajstić information content (AvgIpc) is 2.58. The van der Waals surface area contributed by atoms with Crippen LogP contribution in [0.4, 0.5) is 0 Å². The second-order valence-electron chi connectivity index (χ2n) is 6.92. The lowest BCUT2D eigenvalue weighted by atomic mass is 9.84. The molecular formula is C19H38O5. The Hall–Kier alpha value is -0.200. The molecule has 0 radical (unpaired) electrons. The SMILES string of the molecule is CCCCCCCCC(OCC1(CC)COC1)C(OC)(OC)OC. The van der Waals surface area contributed by atoms with Crippen molar-refractivity contribution in [2.24, 2.45) is 5.41 Å². The smallest absolute Gasteiger partial charge is 0.310 e. The van der Waals surface area contributed by atoms with Crippen LogP contribution in [0.2, 0.25) is 0 Å². The van der Waals surface area contributed by atoms with Gasteiger partial charge in [-0.25, -0.2) is 0 Å². The molecule has 5 nitrogen and oxygen atoms in total. The molecule has 5 heteroatoms. The molecule has 0 saturated carbocycles. The van der Waals surface area contributed by atoms with Crippen LogP contribution in [0.1, 0.15) is 65.2 Å². The molecule has 1 fully saturated rings. The summed E-state index contributed by atoms with van der Waals surface area (Å²) in [6.45, 7) is 6.62. The van der Waals surface area contributed by atoms with E-state index in [9.17, 15) is 0 Å². The molecule has 1 atom stereocenters. The number of rotatable bonds is 15. The Labute approximate surface area is 148 Å². The minimum Gasteiger partial charge on any atom is -0.380 e. The second kappa shape index (κ2) is 11.4. The van der Waals surface area contributed by atoms with Crippen LogP contribution in [0, 0.1) is 5.41 Å². The Kier molecular flexibility index (Phi) is 10.4. The molecule has 1 saturated heterocycles. The molecular weight excluding hydrogens is 308 g/mol. The van der Waals surface area contributed by atoms with Gasteiger partial charge in [-0.2, -0.15) is 0 Å². The first kappa shape index (κ1) is 21.8. The monoisotopic (exact) mass is 346 g/mol. The summed E-state index contributed by atoms with van der Waals surface area (Å²) in [7, 11) is 4.81. The van der Waals surface area contributed by atoms with Crippen LogP contribution in [0.5, 0.6) is 0 Å². The van der Waals surface area contributed by atoms with Crippen molar-refractivity contribution in [1.82, 2.24) is 0 Å². The van der Waals surface area contributed by atoms with Gasteiger partial charge in [0.25, 0.3) is 0 Å². The highest BCUT2D eigenvalue weighted by atomic mass is 16.9. The summed E-state index contributed by atoms with van der Waals surface area (Å²) in [5, 5.41) is 0. The van der Waals surface area contributed by atoms with Crippen LogP contribution >= 0.6 is 0 Å². The normalized spacial score (nSPS) is 18.4. The van der Waals surface area contributed by atoms with Crippen molar-refractivity contribution in [1.29, 1.82) is 0 Å². The van der Waals surface area contributed by atoms with Crippen molar-refractivity contribution in [2.75, 3.05) is 41.2 Å². The van der Waals surface area contributed by atoms with Crippen LogP contribution in [-0.2, 0) is 23.7 Å².